The lowest BCUT2D eigenvalue weighted by Gasteiger charge is -2.11. The van der Waals surface area contributed by atoms with Crippen molar-refractivity contribution in [2.24, 2.45) is 0 Å². The molecule has 112 valence electrons. The average molecular weight is 308 g/mol. The lowest BCUT2D eigenvalue weighted by Crippen LogP contribution is -2.08. The minimum atomic E-state index is -4.43. The molecule has 0 unspecified atom stereocenters. The Labute approximate surface area is 123 Å². The number of hydrogen-bond donors (Lipinski definition) is 1. The minimum Gasteiger partial charge on any atom is -0.744 e. The molecule has 0 saturated carbocycles. The van der Waals surface area contributed by atoms with E-state index in [0.717, 1.165) is 0 Å². The van der Waals surface area contributed by atoms with Crippen LogP contribution < -0.4 is 10.3 Å². The Morgan fingerprint density at radius 1 is 1.19 bits per heavy atom. The Morgan fingerprint density at radius 2 is 1.81 bits per heavy atom. The molecule has 2 rings (SSSR count). The summed E-state index contributed by atoms with van der Waals surface area (Å²) in [5.74, 6) is -0.254. The molecule has 1 aromatic carbocycles. The predicted octanol–water partition coefficient (Wildman–Crippen LogP) is 1.36. The van der Waals surface area contributed by atoms with Gasteiger partial charge in [0.25, 0.3) is 0 Å². The summed E-state index contributed by atoms with van der Waals surface area (Å²) in [4.78, 5) is 13.4. The highest BCUT2D eigenvalue weighted by molar-refractivity contribution is 7.85. The van der Waals surface area contributed by atoms with Gasteiger partial charge in [0.1, 0.15) is 10.1 Å². The van der Waals surface area contributed by atoms with Crippen LogP contribution in [0.25, 0.3) is 0 Å². The molecule has 0 aliphatic rings. The fraction of sp³-hybridized carbons (Fsp3) is 0.143. The van der Waals surface area contributed by atoms with Gasteiger partial charge in [-0.05, 0) is 30.7 Å². The Morgan fingerprint density at radius 3 is 2.14 bits per heavy atom. The third kappa shape index (κ3) is 6.15. The van der Waals surface area contributed by atoms with E-state index in [1.807, 2.05) is 30.6 Å². The molecule has 7 heteroatoms. The summed E-state index contributed by atoms with van der Waals surface area (Å²) in [5.41, 5.74) is 1.03. The summed E-state index contributed by atoms with van der Waals surface area (Å²) in [6.07, 6.45) is 3.75. The van der Waals surface area contributed by atoms with Gasteiger partial charge in [-0.2, -0.15) is 0 Å². The SMILES string of the molecule is CC(=O)Nc1ccc(S(=O)(=O)[O-])cc1C.c1cc[nH+]cc1. The second-order valence-electron chi connectivity index (χ2n) is 4.19. The van der Waals surface area contributed by atoms with Gasteiger partial charge in [-0.25, -0.2) is 13.4 Å². The number of aryl methyl sites for hydroxylation is 1. The molecule has 1 aromatic heterocycles. The van der Waals surface area contributed by atoms with Crippen molar-refractivity contribution in [1.29, 1.82) is 0 Å². The highest BCUT2D eigenvalue weighted by atomic mass is 32.2. The van der Waals surface area contributed by atoms with Crippen molar-refractivity contribution in [2.45, 2.75) is 18.7 Å². The van der Waals surface area contributed by atoms with Gasteiger partial charge in [0.15, 0.2) is 12.4 Å². The van der Waals surface area contributed by atoms with Gasteiger partial charge in [-0.1, -0.05) is 6.07 Å². The number of pyridine rings is 1. The van der Waals surface area contributed by atoms with Crippen LogP contribution in [-0.2, 0) is 14.9 Å². The number of nitrogens with one attached hydrogen (secondary N) is 2. The van der Waals surface area contributed by atoms with Crippen molar-refractivity contribution >= 4 is 21.7 Å². The molecule has 6 nitrogen and oxygen atoms in total. The normalized spacial score (nSPS) is 10.2. The maximum Gasteiger partial charge on any atom is 0.221 e. The number of aromatic amines is 1. The number of anilines is 1. The molecule has 2 aromatic rings. The predicted molar refractivity (Wildman–Crippen MR) is 76.4 cm³/mol. The van der Waals surface area contributed by atoms with Gasteiger partial charge in [-0.15, -0.1) is 0 Å². The summed E-state index contributed by atoms with van der Waals surface area (Å²) in [6, 6.07) is 9.65. The van der Waals surface area contributed by atoms with E-state index >= 15 is 0 Å². The van der Waals surface area contributed by atoms with Gasteiger partial charge in [-0.3, -0.25) is 4.79 Å². The Bertz CT molecular complexity index is 673. The van der Waals surface area contributed by atoms with Crippen LogP contribution in [0.1, 0.15) is 12.5 Å². The zero-order valence-corrected chi connectivity index (χ0v) is 12.5. The first-order chi connectivity index (χ1) is 9.80. The molecular weight excluding hydrogens is 292 g/mol. The average Bonchev–Trinajstić information content (AvgIpc) is 2.42. The summed E-state index contributed by atoms with van der Waals surface area (Å²) in [7, 11) is -4.43. The fourth-order valence-corrected chi connectivity index (χ4v) is 2.02. The van der Waals surface area contributed by atoms with E-state index in [9.17, 15) is 17.8 Å². The van der Waals surface area contributed by atoms with Crippen LogP contribution in [0.4, 0.5) is 5.69 Å². The minimum absolute atomic E-state index is 0.254. The van der Waals surface area contributed by atoms with E-state index in [2.05, 4.69) is 10.3 Å². The van der Waals surface area contributed by atoms with Gasteiger partial charge >= 0.3 is 0 Å². The number of amides is 1. The number of rotatable bonds is 2. The number of aromatic nitrogens is 1. The van der Waals surface area contributed by atoms with Crippen LogP contribution in [0.15, 0.2) is 53.7 Å². The third-order valence-corrected chi connectivity index (χ3v) is 3.24. The van der Waals surface area contributed by atoms with Crippen LogP contribution >= 0.6 is 0 Å². The smallest absolute Gasteiger partial charge is 0.221 e. The van der Waals surface area contributed by atoms with E-state index in [-0.39, 0.29) is 10.8 Å². The molecule has 0 saturated heterocycles. The third-order valence-electron chi connectivity index (χ3n) is 2.40. The first-order valence-corrected chi connectivity index (χ1v) is 7.47. The Hall–Kier alpha value is -2.25. The number of hydrogen-bond acceptors (Lipinski definition) is 4. The zero-order chi connectivity index (χ0) is 15.9. The molecule has 0 aliphatic heterocycles. The highest BCUT2D eigenvalue weighted by Gasteiger charge is 2.05. The van der Waals surface area contributed by atoms with Gasteiger partial charge in [0.05, 0.1) is 4.90 Å². The van der Waals surface area contributed by atoms with Crippen molar-refractivity contribution in [3.05, 3.63) is 54.4 Å². The van der Waals surface area contributed by atoms with Crippen LogP contribution in [-0.4, -0.2) is 18.9 Å². The topological polar surface area (TPSA) is 100 Å². The van der Waals surface area contributed by atoms with E-state index in [0.29, 0.717) is 11.3 Å². The molecule has 0 radical (unpaired) electrons. The van der Waals surface area contributed by atoms with Crippen molar-refractivity contribution < 1.29 is 22.7 Å². The van der Waals surface area contributed by atoms with Crippen molar-refractivity contribution in [2.75, 3.05) is 5.32 Å². The largest absolute Gasteiger partial charge is 0.744 e. The summed E-state index contributed by atoms with van der Waals surface area (Å²) in [6.45, 7) is 2.96. The highest BCUT2D eigenvalue weighted by Crippen LogP contribution is 2.19. The standard InChI is InChI=1S/C9H11NO4S.C5H5N/c1-6-5-8(15(12,13)14)3-4-9(6)10-7(2)11;1-2-4-6-5-3-1/h3-5H,1-2H3,(H,10,11)(H,12,13,14);1-5H. The van der Waals surface area contributed by atoms with Gasteiger partial charge in [0.2, 0.25) is 5.91 Å². The van der Waals surface area contributed by atoms with Gasteiger partial charge < -0.3 is 9.87 Å². The quantitative estimate of drug-likeness (QED) is 0.846. The number of benzene rings is 1. The second-order valence-corrected chi connectivity index (χ2v) is 5.57. The van der Waals surface area contributed by atoms with Gasteiger partial charge in [0, 0.05) is 24.7 Å². The van der Waals surface area contributed by atoms with Crippen LogP contribution in [0.3, 0.4) is 0 Å². The molecule has 0 bridgehead atoms. The lowest BCUT2D eigenvalue weighted by molar-refractivity contribution is -0.377. The van der Waals surface area contributed by atoms with Crippen molar-refractivity contribution in [3.8, 4) is 0 Å². The molecular formula is C14H16N2O4S. The maximum atomic E-state index is 10.8. The summed E-state index contributed by atoms with van der Waals surface area (Å²) >= 11 is 0. The van der Waals surface area contributed by atoms with Crippen LogP contribution in [0.5, 0.6) is 0 Å². The van der Waals surface area contributed by atoms with E-state index in [4.69, 9.17) is 0 Å². The summed E-state index contributed by atoms with van der Waals surface area (Å²) < 4.78 is 32.0. The second kappa shape index (κ2) is 7.51. The van der Waals surface area contributed by atoms with E-state index in [1.54, 1.807) is 6.92 Å². The number of carbonyl (C=O) groups excluding carboxylic acids is 1. The monoisotopic (exact) mass is 308 g/mol. The lowest BCUT2D eigenvalue weighted by atomic mass is 10.2. The van der Waals surface area contributed by atoms with E-state index < -0.39 is 10.1 Å². The van der Waals surface area contributed by atoms with E-state index in [1.165, 1.54) is 25.1 Å². The molecule has 0 spiro atoms. The summed E-state index contributed by atoms with van der Waals surface area (Å²) in [5, 5.41) is 2.52. The van der Waals surface area contributed by atoms with Crippen molar-refractivity contribution in [1.82, 2.24) is 0 Å². The molecule has 1 amide bonds. The molecule has 21 heavy (non-hydrogen) atoms. The first kappa shape index (κ1) is 16.8. The Balaban J connectivity index is 0.000000304. The Kier molecular flexibility index (Phi) is 6.01. The molecule has 0 atom stereocenters. The molecule has 0 aliphatic carbocycles. The maximum absolute atomic E-state index is 10.8. The van der Waals surface area contributed by atoms with Crippen LogP contribution in [0.2, 0.25) is 0 Å². The molecule has 0 fully saturated rings. The molecule has 2 N–H and O–H groups in total. The van der Waals surface area contributed by atoms with Crippen molar-refractivity contribution in [3.63, 3.8) is 0 Å². The number of H-pyrrole nitrogens is 1. The zero-order valence-electron chi connectivity index (χ0n) is 11.7. The first-order valence-electron chi connectivity index (χ1n) is 6.06. The van der Waals surface area contributed by atoms with Crippen LogP contribution in [0, 0.1) is 6.92 Å². The molecule has 1 heterocycles. The fourth-order valence-electron chi connectivity index (χ4n) is 1.46. The number of carbonyl (C=O) groups is 1.